The lowest BCUT2D eigenvalue weighted by Gasteiger charge is -2.26. The summed E-state index contributed by atoms with van der Waals surface area (Å²) in [4.78, 5) is 0. The van der Waals surface area contributed by atoms with Crippen LogP contribution in [0.5, 0.6) is 0 Å². The number of aryl methyl sites for hydroxylation is 11. The molecule has 752 valence electrons. The maximum atomic E-state index is 14.3. The molecule has 0 spiro atoms. The molecular formula is C124H144Cl3F13. The zero-order chi connectivity index (χ0) is 102. The average molecular weight is 1990 g/mol. The summed E-state index contributed by atoms with van der Waals surface area (Å²) in [5.74, 6) is -0.856. The van der Waals surface area contributed by atoms with E-state index < -0.39 is 58.2 Å². The number of hydrogen-bond acceptors (Lipinski definition) is 0. The van der Waals surface area contributed by atoms with Gasteiger partial charge in [0.25, 0.3) is 0 Å². The molecule has 16 heteroatoms. The third kappa shape index (κ3) is 29.1. The molecule has 13 aromatic carbocycles. The van der Waals surface area contributed by atoms with E-state index in [0.29, 0.717) is 102 Å². The fraction of sp³-hybridized carbons (Fsp3) is 0.371. The Morgan fingerprint density at radius 2 is 0.300 bits per heavy atom. The molecule has 0 heterocycles. The maximum absolute atomic E-state index is 14.3. The van der Waals surface area contributed by atoms with Crippen LogP contribution in [0.4, 0.5) is 57.1 Å². The van der Waals surface area contributed by atoms with Gasteiger partial charge in [-0.25, -0.2) is 57.1 Å². The zero-order valence-corrected chi connectivity index (χ0v) is 86.0. The smallest absolute Gasteiger partial charge is 0.166 e. The van der Waals surface area contributed by atoms with Crippen molar-refractivity contribution in [2.24, 2.45) is 29.6 Å². The predicted molar refractivity (Wildman–Crippen MR) is 568 cm³/mol. The average Bonchev–Trinajstić information content (AvgIpc) is 0.819. The molecule has 0 N–H and O–H groups in total. The molecule has 0 atom stereocenters. The highest BCUT2D eigenvalue weighted by Crippen LogP contribution is 2.45. The fourth-order valence-electron chi connectivity index (χ4n) is 19.2. The van der Waals surface area contributed by atoms with Crippen molar-refractivity contribution >= 4 is 34.8 Å². The summed E-state index contributed by atoms with van der Waals surface area (Å²) in [6.45, 7) is 29.3. The van der Waals surface area contributed by atoms with Crippen LogP contribution in [0.2, 0.25) is 15.1 Å². The van der Waals surface area contributed by atoms with Crippen LogP contribution in [0.25, 0.3) is 55.6 Å². The van der Waals surface area contributed by atoms with Crippen molar-refractivity contribution in [1.29, 1.82) is 0 Å². The minimum Gasteiger partial charge on any atom is -0.205 e. The van der Waals surface area contributed by atoms with Crippen LogP contribution in [0.1, 0.15) is 289 Å². The SMILES string of the molecule is Cc1ccc(-c2ccc(C3CCC(C)CC3)cc2)c(Cl)c1F.Cc1ccc(-c2ccc(C3CCC(C)CC3)cc2)c(Cl)c1F.Cc1ccc(-c2ccc(C3CCC(C)CC3)cc2)c(F)c1Cl.Cc1ccc(-c2ccc(C3CCC(C)CC3)cc2)c(F)c1F.Cc1ccc(-c2ccc(C3CCC(C)CC3)cc2)c(F)c1F.Cc1ccc(C)c(F)c1F.Cc1ccc(C)c(F)c1F.Cc1ccc(C)c(F)c1F.[HH].[HH].[HH].[HH].[HH]. The quantitative estimate of drug-likeness (QED) is 0.120. The van der Waals surface area contributed by atoms with Crippen molar-refractivity contribution in [1.82, 2.24) is 0 Å². The highest BCUT2D eigenvalue weighted by molar-refractivity contribution is 6.34. The highest BCUT2D eigenvalue weighted by Gasteiger charge is 2.28. The van der Waals surface area contributed by atoms with Crippen molar-refractivity contribution in [3.05, 3.63) is 398 Å². The molecule has 140 heavy (non-hydrogen) atoms. The summed E-state index contributed by atoms with van der Waals surface area (Å²) >= 11 is 18.3. The van der Waals surface area contributed by atoms with Gasteiger partial charge in [0.2, 0.25) is 0 Å². The Labute approximate surface area is 845 Å². The lowest BCUT2D eigenvalue weighted by atomic mass is 9.79. The normalized spacial score (nSPS) is 19.3. The molecule has 5 saturated carbocycles. The first-order valence-corrected chi connectivity index (χ1v) is 50.8. The third-order valence-corrected chi connectivity index (χ3v) is 30.5. The van der Waals surface area contributed by atoms with Crippen molar-refractivity contribution < 1.29 is 64.2 Å². The molecule has 0 aromatic heterocycles. The molecule has 0 amide bonds. The Bertz CT molecular complexity index is 5370. The fourth-order valence-corrected chi connectivity index (χ4v) is 20.0. The first-order chi connectivity index (χ1) is 66.7. The lowest BCUT2D eigenvalue weighted by Crippen LogP contribution is -2.10. The van der Waals surface area contributed by atoms with E-state index in [4.69, 9.17) is 34.8 Å². The lowest BCUT2D eigenvalue weighted by molar-refractivity contribution is 0.348. The van der Waals surface area contributed by atoms with E-state index in [-0.39, 0.29) is 39.7 Å². The molecule has 0 unspecified atom stereocenters. The van der Waals surface area contributed by atoms with Crippen LogP contribution in [0, 0.1) is 181 Å². The van der Waals surface area contributed by atoms with Gasteiger partial charge in [-0.3, -0.25) is 0 Å². The van der Waals surface area contributed by atoms with Gasteiger partial charge >= 0.3 is 0 Å². The van der Waals surface area contributed by atoms with Gasteiger partial charge < -0.3 is 0 Å². The summed E-state index contributed by atoms with van der Waals surface area (Å²) < 4.78 is 173. The summed E-state index contributed by atoms with van der Waals surface area (Å²) in [5, 5.41) is 0.668. The molecule has 0 bridgehead atoms. The summed E-state index contributed by atoms with van der Waals surface area (Å²) in [7, 11) is 0. The predicted octanol–water partition coefficient (Wildman–Crippen LogP) is 41.7. The topological polar surface area (TPSA) is 0 Å². The molecule has 18 rings (SSSR count). The highest BCUT2D eigenvalue weighted by atomic mass is 35.5. The van der Waals surface area contributed by atoms with E-state index in [0.717, 1.165) is 74.1 Å². The Morgan fingerprint density at radius 1 is 0.157 bits per heavy atom. The number of rotatable bonds is 10. The molecular weight excluding hydrogens is 1840 g/mol. The van der Waals surface area contributed by atoms with E-state index >= 15 is 0 Å². The minimum absolute atomic E-state index is 0. The van der Waals surface area contributed by atoms with Crippen LogP contribution in [0.15, 0.2) is 218 Å². The number of benzene rings is 13. The summed E-state index contributed by atoms with van der Waals surface area (Å²) in [5.41, 5.74) is 18.7. The largest absolute Gasteiger partial charge is 0.205 e. The number of hydrogen-bond donors (Lipinski definition) is 0. The third-order valence-electron chi connectivity index (χ3n) is 29.3. The Balaban J connectivity index is 0.000000257. The van der Waals surface area contributed by atoms with Crippen LogP contribution >= 0.6 is 34.8 Å². The first-order valence-electron chi connectivity index (χ1n) is 49.7. The van der Waals surface area contributed by atoms with Crippen molar-refractivity contribution in [3.63, 3.8) is 0 Å². The summed E-state index contributed by atoms with van der Waals surface area (Å²) in [6.07, 6.45) is 25.6. The molecule has 13 aromatic rings. The summed E-state index contributed by atoms with van der Waals surface area (Å²) in [6, 6.07) is 68.4. The maximum Gasteiger partial charge on any atom is 0.166 e. The van der Waals surface area contributed by atoms with Gasteiger partial charge in [-0.1, -0.05) is 352 Å². The van der Waals surface area contributed by atoms with Gasteiger partial charge in [-0.05, 0) is 316 Å². The second-order valence-corrected chi connectivity index (χ2v) is 41.3. The van der Waals surface area contributed by atoms with Gasteiger partial charge in [0, 0.05) is 35.0 Å². The monoisotopic (exact) mass is 1990 g/mol. The Hall–Kier alpha value is -10.2. The van der Waals surface area contributed by atoms with Crippen LogP contribution < -0.4 is 0 Å². The van der Waals surface area contributed by atoms with E-state index in [2.05, 4.69) is 120 Å². The van der Waals surface area contributed by atoms with Crippen LogP contribution in [-0.4, -0.2) is 0 Å². The van der Waals surface area contributed by atoms with E-state index in [1.807, 2.05) is 67.6 Å². The van der Waals surface area contributed by atoms with E-state index in [9.17, 15) is 57.1 Å². The van der Waals surface area contributed by atoms with Crippen LogP contribution in [0.3, 0.4) is 0 Å². The molecule has 5 aliphatic carbocycles. The Kier molecular flexibility index (Phi) is 40.7. The van der Waals surface area contributed by atoms with Gasteiger partial charge in [0.05, 0.1) is 15.1 Å². The first kappa shape index (κ1) is 110. The van der Waals surface area contributed by atoms with Gasteiger partial charge in [0.15, 0.2) is 58.2 Å². The van der Waals surface area contributed by atoms with Crippen molar-refractivity contribution in [3.8, 4) is 55.6 Å². The van der Waals surface area contributed by atoms with Gasteiger partial charge in [0.1, 0.15) is 17.5 Å². The van der Waals surface area contributed by atoms with Crippen molar-refractivity contribution in [2.75, 3.05) is 0 Å². The minimum atomic E-state index is -0.751. The molecule has 0 aliphatic heterocycles. The Morgan fingerprint density at radius 3 is 0.493 bits per heavy atom. The molecule has 0 radical (unpaired) electrons. The standard InChI is InChI=1S/3C20H22ClF.2C20H22F2.3C8H8F2.5H2/c2*1-13-3-6-15(7-4-13)16-8-10-17(11-9-16)18-12-5-14(2)20(22)19(18)21;3*1-13-3-6-15(7-4-13)16-8-10-17(11-9-16)18-12-5-14(2)19(21)20(18)22;3*1-5-3-4-6(2)8(10)7(5)9;;;;;/h5*5,8-13,15H,3-4,6-7H2,1-2H3;3*3-4H,1-2H3;5*1H. The molecule has 0 saturated heterocycles. The molecule has 5 fully saturated rings. The van der Waals surface area contributed by atoms with Crippen molar-refractivity contribution in [2.45, 2.75) is 269 Å². The number of halogens is 16. The molecule has 0 nitrogen and oxygen atoms in total. The second-order valence-electron chi connectivity index (χ2n) is 40.2. The van der Waals surface area contributed by atoms with Crippen LogP contribution in [-0.2, 0) is 0 Å². The van der Waals surface area contributed by atoms with Gasteiger partial charge in [-0.2, -0.15) is 0 Å². The van der Waals surface area contributed by atoms with E-state index in [1.165, 1.54) is 198 Å². The zero-order valence-electron chi connectivity index (χ0n) is 83.7. The van der Waals surface area contributed by atoms with Gasteiger partial charge in [-0.15, -0.1) is 0 Å². The molecule has 5 aliphatic rings. The second kappa shape index (κ2) is 51.7. The van der Waals surface area contributed by atoms with E-state index in [1.54, 1.807) is 100 Å².